The Morgan fingerprint density at radius 3 is 2.29 bits per heavy atom. The van der Waals surface area contributed by atoms with Crippen LogP contribution in [0, 0.1) is 0 Å². The van der Waals surface area contributed by atoms with Crippen molar-refractivity contribution in [3.63, 3.8) is 0 Å². The van der Waals surface area contributed by atoms with Crippen LogP contribution in [0.4, 0.5) is 0 Å². The van der Waals surface area contributed by atoms with Gasteiger partial charge in [-0.05, 0) is 43.7 Å². The van der Waals surface area contributed by atoms with E-state index >= 15 is 0 Å². The van der Waals surface area contributed by atoms with Crippen LogP contribution in [0.5, 0.6) is 5.75 Å². The summed E-state index contributed by atoms with van der Waals surface area (Å²) in [4.78, 5) is 26.1. The molecular weight excluding hydrogens is 358 g/mol. The number of nitrogens with zero attached hydrogens (tertiary/aromatic N) is 1. The molecule has 1 fully saturated rings. The van der Waals surface area contributed by atoms with Gasteiger partial charge in [0.05, 0.1) is 17.8 Å². The molecule has 3 rings (SSSR count). The molecule has 28 heavy (non-hydrogen) atoms. The van der Waals surface area contributed by atoms with Crippen molar-refractivity contribution in [2.75, 3.05) is 19.7 Å². The average molecular weight is 383 g/mol. The second-order valence-electron chi connectivity index (χ2n) is 6.93. The van der Waals surface area contributed by atoms with E-state index in [1.165, 1.54) is 0 Å². The first kappa shape index (κ1) is 19.9. The van der Waals surface area contributed by atoms with Gasteiger partial charge in [0.1, 0.15) is 12.4 Å². The number of amides is 1. The normalized spacial score (nSPS) is 19.1. The molecule has 148 valence electrons. The molecule has 0 saturated carbocycles. The molecule has 0 N–H and O–H groups in total. The Hall–Kier alpha value is -2.86. The van der Waals surface area contributed by atoms with Crippen molar-refractivity contribution in [3.8, 4) is 5.75 Å². The number of hydrogen-bond donors (Lipinski definition) is 0. The fraction of sp³-hybridized carbons (Fsp3) is 0.364. The Morgan fingerprint density at radius 2 is 1.64 bits per heavy atom. The summed E-state index contributed by atoms with van der Waals surface area (Å²) in [7, 11) is 0. The molecule has 0 aliphatic carbocycles. The highest BCUT2D eigenvalue weighted by atomic mass is 16.5. The number of hydrogen-bond acceptors (Lipinski definition) is 5. The SMILES string of the molecule is C[C@H]1CN(C(=O)COC(=O)c2ccc(OCc3ccccc3)cc2)C[C@H](C)O1. The standard InChI is InChI=1S/C22H25NO5/c1-16-12-23(13-17(2)28-16)21(24)15-27-22(25)19-8-10-20(11-9-19)26-14-18-6-4-3-5-7-18/h3-11,16-17H,12-15H2,1-2H3/t16-,17-/m0/s1. The van der Waals surface area contributed by atoms with Crippen molar-refractivity contribution >= 4 is 11.9 Å². The quantitative estimate of drug-likeness (QED) is 0.718. The highest BCUT2D eigenvalue weighted by molar-refractivity contribution is 5.91. The van der Waals surface area contributed by atoms with Gasteiger partial charge in [-0.3, -0.25) is 4.79 Å². The molecular formula is C22H25NO5. The summed E-state index contributed by atoms with van der Waals surface area (Å²) in [6.45, 7) is 5.04. The van der Waals surface area contributed by atoms with Crippen LogP contribution in [-0.4, -0.2) is 48.7 Å². The van der Waals surface area contributed by atoms with Crippen LogP contribution in [0.2, 0.25) is 0 Å². The smallest absolute Gasteiger partial charge is 0.338 e. The minimum atomic E-state index is -0.530. The van der Waals surface area contributed by atoms with Gasteiger partial charge < -0.3 is 19.1 Å². The summed E-state index contributed by atoms with van der Waals surface area (Å²) < 4.78 is 16.5. The van der Waals surface area contributed by atoms with Crippen LogP contribution in [-0.2, 0) is 20.9 Å². The Kier molecular flexibility index (Phi) is 6.66. The van der Waals surface area contributed by atoms with E-state index in [0.29, 0.717) is 31.0 Å². The number of ether oxygens (including phenoxy) is 3. The summed E-state index contributed by atoms with van der Waals surface area (Å²) in [5, 5.41) is 0. The molecule has 1 aliphatic rings. The van der Waals surface area contributed by atoms with Gasteiger partial charge in [-0.25, -0.2) is 4.79 Å². The van der Waals surface area contributed by atoms with Crippen molar-refractivity contribution in [2.24, 2.45) is 0 Å². The second-order valence-corrected chi connectivity index (χ2v) is 6.93. The monoisotopic (exact) mass is 383 g/mol. The van der Waals surface area contributed by atoms with Crippen LogP contribution in [0.3, 0.4) is 0 Å². The maximum absolute atomic E-state index is 12.3. The number of carbonyl (C=O) groups is 2. The van der Waals surface area contributed by atoms with Crippen molar-refractivity contribution in [1.82, 2.24) is 4.90 Å². The topological polar surface area (TPSA) is 65.1 Å². The molecule has 0 bridgehead atoms. The van der Waals surface area contributed by atoms with E-state index in [4.69, 9.17) is 14.2 Å². The number of morpholine rings is 1. The fourth-order valence-corrected chi connectivity index (χ4v) is 3.11. The van der Waals surface area contributed by atoms with Crippen LogP contribution < -0.4 is 4.74 Å². The summed E-state index contributed by atoms with van der Waals surface area (Å²) in [6, 6.07) is 16.5. The molecule has 2 aromatic rings. The molecule has 0 aromatic heterocycles. The third-order valence-corrected chi connectivity index (χ3v) is 4.44. The molecule has 1 saturated heterocycles. The lowest BCUT2D eigenvalue weighted by Crippen LogP contribution is -2.49. The molecule has 0 unspecified atom stereocenters. The minimum Gasteiger partial charge on any atom is -0.489 e. The van der Waals surface area contributed by atoms with Crippen LogP contribution >= 0.6 is 0 Å². The van der Waals surface area contributed by atoms with Gasteiger partial charge in [0, 0.05) is 13.1 Å². The van der Waals surface area contributed by atoms with Gasteiger partial charge in [-0.1, -0.05) is 30.3 Å². The highest BCUT2D eigenvalue weighted by Gasteiger charge is 2.26. The lowest BCUT2D eigenvalue weighted by Gasteiger charge is -2.35. The summed E-state index contributed by atoms with van der Waals surface area (Å²) in [5.41, 5.74) is 1.44. The lowest BCUT2D eigenvalue weighted by atomic mass is 10.2. The maximum Gasteiger partial charge on any atom is 0.338 e. The van der Waals surface area contributed by atoms with Crippen molar-refractivity contribution in [1.29, 1.82) is 0 Å². The zero-order chi connectivity index (χ0) is 19.9. The molecule has 1 aliphatic heterocycles. The molecule has 0 radical (unpaired) electrons. The summed E-state index contributed by atoms with van der Waals surface area (Å²) in [5.74, 6) is -0.0803. The third kappa shape index (κ3) is 5.57. The Labute approximate surface area is 165 Å². The highest BCUT2D eigenvalue weighted by Crippen LogP contribution is 2.15. The van der Waals surface area contributed by atoms with Crippen LogP contribution in [0.15, 0.2) is 54.6 Å². The van der Waals surface area contributed by atoms with Gasteiger partial charge >= 0.3 is 5.97 Å². The van der Waals surface area contributed by atoms with Gasteiger partial charge in [-0.15, -0.1) is 0 Å². The summed E-state index contributed by atoms with van der Waals surface area (Å²) >= 11 is 0. The largest absolute Gasteiger partial charge is 0.489 e. The number of benzene rings is 2. The van der Waals surface area contributed by atoms with Crippen LogP contribution in [0.25, 0.3) is 0 Å². The van der Waals surface area contributed by atoms with Crippen molar-refractivity contribution in [3.05, 3.63) is 65.7 Å². The Bertz CT molecular complexity index is 780. The predicted octanol–water partition coefficient (Wildman–Crippen LogP) is 3.06. The Morgan fingerprint density at radius 1 is 1.00 bits per heavy atom. The molecule has 0 spiro atoms. The zero-order valence-corrected chi connectivity index (χ0v) is 16.2. The van der Waals surface area contributed by atoms with Crippen molar-refractivity contribution < 1.29 is 23.8 Å². The second kappa shape index (κ2) is 9.37. The molecule has 1 heterocycles. The third-order valence-electron chi connectivity index (χ3n) is 4.44. The summed E-state index contributed by atoms with van der Waals surface area (Å²) in [6.07, 6.45) is -0.0429. The Balaban J connectivity index is 1.47. The van der Waals surface area contributed by atoms with E-state index in [2.05, 4.69) is 0 Å². The average Bonchev–Trinajstić information content (AvgIpc) is 2.70. The van der Waals surface area contributed by atoms with Gasteiger partial charge in [0.15, 0.2) is 6.61 Å². The number of carbonyl (C=O) groups excluding carboxylic acids is 2. The van der Waals surface area contributed by atoms with E-state index in [1.807, 2.05) is 44.2 Å². The molecule has 2 atom stereocenters. The van der Waals surface area contributed by atoms with E-state index < -0.39 is 5.97 Å². The minimum absolute atomic E-state index is 0.0215. The fourth-order valence-electron chi connectivity index (χ4n) is 3.11. The van der Waals surface area contributed by atoms with Gasteiger partial charge in [0.2, 0.25) is 0 Å². The molecule has 1 amide bonds. The predicted molar refractivity (Wildman–Crippen MR) is 104 cm³/mol. The first-order chi connectivity index (χ1) is 13.5. The lowest BCUT2D eigenvalue weighted by molar-refractivity contribution is -0.146. The molecule has 6 heteroatoms. The van der Waals surface area contributed by atoms with Crippen molar-refractivity contribution in [2.45, 2.75) is 32.7 Å². The first-order valence-electron chi connectivity index (χ1n) is 9.38. The van der Waals surface area contributed by atoms with E-state index in [1.54, 1.807) is 29.2 Å². The molecule has 2 aromatic carbocycles. The van der Waals surface area contributed by atoms with E-state index in [0.717, 1.165) is 5.56 Å². The van der Waals surface area contributed by atoms with E-state index in [-0.39, 0.29) is 24.7 Å². The zero-order valence-electron chi connectivity index (χ0n) is 16.2. The first-order valence-corrected chi connectivity index (χ1v) is 9.38. The maximum atomic E-state index is 12.3. The van der Waals surface area contributed by atoms with Gasteiger partial charge in [-0.2, -0.15) is 0 Å². The molecule has 6 nitrogen and oxygen atoms in total. The van der Waals surface area contributed by atoms with Gasteiger partial charge in [0.25, 0.3) is 5.91 Å². The number of esters is 1. The number of rotatable bonds is 6. The van der Waals surface area contributed by atoms with Crippen LogP contribution in [0.1, 0.15) is 29.8 Å². The van der Waals surface area contributed by atoms with E-state index in [9.17, 15) is 9.59 Å².